The molecular weight excluding hydrogens is 318 g/mol. The lowest BCUT2D eigenvalue weighted by atomic mass is 9.87. The predicted octanol–water partition coefficient (Wildman–Crippen LogP) is 2.84. The Kier molecular flexibility index (Phi) is 4.17. The minimum Gasteiger partial charge on any atom is -0.424 e. The van der Waals surface area contributed by atoms with E-state index in [1.165, 1.54) is 5.56 Å². The first kappa shape index (κ1) is 16.4. The summed E-state index contributed by atoms with van der Waals surface area (Å²) in [4.78, 5) is 13.4. The highest BCUT2D eigenvalue weighted by atomic mass is 16.6. The topological polar surface area (TPSA) is 73.0 Å². The lowest BCUT2D eigenvalue weighted by Crippen LogP contribution is -2.11. The maximum Gasteiger partial charge on any atom is 0.325 e. The molecule has 2 unspecified atom stereocenters. The molecule has 1 aromatic carbocycles. The molecule has 2 aliphatic heterocycles. The van der Waals surface area contributed by atoms with Gasteiger partial charge in [0.25, 0.3) is 0 Å². The van der Waals surface area contributed by atoms with Crippen LogP contribution in [0.3, 0.4) is 0 Å². The molecule has 3 heterocycles. The second-order valence-corrected chi connectivity index (χ2v) is 7.65. The van der Waals surface area contributed by atoms with E-state index in [1.807, 2.05) is 12.1 Å². The van der Waals surface area contributed by atoms with Gasteiger partial charge < -0.3 is 14.2 Å². The number of ether oxygens (including phenoxy) is 3. The molecule has 2 aliphatic rings. The van der Waals surface area contributed by atoms with Gasteiger partial charge in [-0.05, 0) is 23.1 Å². The van der Waals surface area contributed by atoms with E-state index in [0.29, 0.717) is 18.9 Å². The van der Waals surface area contributed by atoms with Crippen molar-refractivity contribution in [3.8, 4) is 11.8 Å². The van der Waals surface area contributed by atoms with Gasteiger partial charge in [-0.3, -0.25) is 0 Å². The highest BCUT2D eigenvalue weighted by Crippen LogP contribution is 2.26. The molecule has 2 fully saturated rings. The van der Waals surface area contributed by atoms with Crippen molar-refractivity contribution in [1.29, 1.82) is 0 Å². The number of aromatic nitrogens is 3. The molecule has 1 aromatic heterocycles. The summed E-state index contributed by atoms with van der Waals surface area (Å²) >= 11 is 0. The van der Waals surface area contributed by atoms with Crippen LogP contribution < -0.4 is 4.74 Å². The Labute approximate surface area is 147 Å². The van der Waals surface area contributed by atoms with Crippen LogP contribution in [0.25, 0.3) is 0 Å². The van der Waals surface area contributed by atoms with Crippen LogP contribution in [0.4, 0.5) is 0 Å². The Bertz CT molecular complexity index is 715. The quantitative estimate of drug-likeness (QED) is 0.752. The lowest BCUT2D eigenvalue weighted by molar-refractivity contribution is 0.391. The van der Waals surface area contributed by atoms with Gasteiger partial charge in [0.05, 0.1) is 25.4 Å². The SMILES string of the molecule is CC(C)(C)c1ccc(Oc2nc(CC3CO3)nc(CC3CO3)n2)cc1. The van der Waals surface area contributed by atoms with Gasteiger partial charge in [-0.1, -0.05) is 32.9 Å². The van der Waals surface area contributed by atoms with Gasteiger partial charge in [-0.2, -0.15) is 9.97 Å². The zero-order chi connectivity index (χ0) is 17.4. The standard InChI is InChI=1S/C19H23N3O3/c1-19(2,3)12-4-6-13(7-5-12)25-18-21-16(8-14-10-23-14)20-17(22-18)9-15-11-24-15/h4-7,14-15H,8-11H2,1-3H3. The third-order valence-electron chi connectivity index (χ3n) is 4.26. The third-order valence-corrected chi connectivity index (χ3v) is 4.26. The Morgan fingerprint density at radius 3 is 1.88 bits per heavy atom. The second-order valence-electron chi connectivity index (χ2n) is 7.65. The van der Waals surface area contributed by atoms with E-state index in [-0.39, 0.29) is 17.6 Å². The smallest absolute Gasteiger partial charge is 0.325 e. The highest BCUT2D eigenvalue weighted by molar-refractivity contribution is 5.32. The van der Waals surface area contributed by atoms with E-state index in [2.05, 4.69) is 47.9 Å². The van der Waals surface area contributed by atoms with Crippen molar-refractivity contribution in [2.24, 2.45) is 0 Å². The summed E-state index contributed by atoms with van der Waals surface area (Å²) in [5, 5.41) is 0. The maximum absolute atomic E-state index is 5.89. The minimum atomic E-state index is 0.112. The molecule has 0 N–H and O–H groups in total. The highest BCUT2D eigenvalue weighted by Gasteiger charge is 2.27. The predicted molar refractivity (Wildman–Crippen MR) is 91.9 cm³/mol. The van der Waals surface area contributed by atoms with Gasteiger partial charge in [-0.25, -0.2) is 4.98 Å². The van der Waals surface area contributed by atoms with Crippen molar-refractivity contribution in [3.63, 3.8) is 0 Å². The first-order valence-electron chi connectivity index (χ1n) is 8.71. The molecule has 132 valence electrons. The Balaban J connectivity index is 1.53. The van der Waals surface area contributed by atoms with Crippen LogP contribution >= 0.6 is 0 Å². The van der Waals surface area contributed by atoms with Crippen LogP contribution in [-0.4, -0.2) is 40.4 Å². The van der Waals surface area contributed by atoms with Crippen LogP contribution in [0.2, 0.25) is 0 Å². The van der Waals surface area contributed by atoms with Crippen LogP contribution in [0.5, 0.6) is 11.8 Å². The molecule has 2 atom stereocenters. The van der Waals surface area contributed by atoms with E-state index in [9.17, 15) is 0 Å². The fourth-order valence-electron chi connectivity index (χ4n) is 2.58. The van der Waals surface area contributed by atoms with Crippen LogP contribution in [0.1, 0.15) is 38.0 Å². The molecule has 0 aliphatic carbocycles. The average molecular weight is 341 g/mol. The summed E-state index contributed by atoms with van der Waals surface area (Å²) in [6.07, 6.45) is 1.85. The van der Waals surface area contributed by atoms with Crippen molar-refractivity contribution >= 4 is 0 Å². The normalized spacial score (nSPS) is 21.9. The fourth-order valence-corrected chi connectivity index (χ4v) is 2.58. The maximum atomic E-state index is 5.89. The van der Waals surface area contributed by atoms with E-state index in [4.69, 9.17) is 14.2 Å². The largest absolute Gasteiger partial charge is 0.424 e. The number of benzene rings is 1. The van der Waals surface area contributed by atoms with E-state index < -0.39 is 0 Å². The minimum absolute atomic E-state index is 0.112. The number of hydrogen-bond acceptors (Lipinski definition) is 6. The van der Waals surface area contributed by atoms with E-state index in [1.54, 1.807) is 0 Å². The van der Waals surface area contributed by atoms with Gasteiger partial charge in [0.2, 0.25) is 0 Å². The van der Waals surface area contributed by atoms with Crippen LogP contribution in [0.15, 0.2) is 24.3 Å². The van der Waals surface area contributed by atoms with E-state index >= 15 is 0 Å². The van der Waals surface area contributed by atoms with Crippen LogP contribution in [0, 0.1) is 0 Å². The van der Waals surface area contributed by atoms with Crippen LogP contribution in [-0.2, 0) is 27.7 Å². The number of rotatable bonds is 6. The molecule has 2 aromatic rings. The molecule has 0 bridgehead atoms. The Morgan fingerprint density at radius 2 is 1.44 bits per heavy atom. The van der Waals surface area contributed by atoms with Gasteiger partial charge in [0, 0.05) is 12.8 Å². The van der Waals surface area contributed by atoms with Crippen molar-refractivity contribution in [1.82, 2.24) is 15.0 Å². The molecule has 0 radical (unpaired) electrons. The lowest BCUT2D eigenvalue weighted by Gasteiger charge is -2.19. The monoisotopic (exact) mass is 341 g/mol. The molecule has 4 rings (SSSR count). The van der Waals surface area contributed by atoms with Crippen molar-refractivity contribution in [2.45, 2.75) is 51.2 Å². The number of epoxide rings is 2. The molecule has 0 saturated carbocycles. The van der Waals surface area contributed by atoms with Gasteiger partial charge >= 0.3 is 6.01 Å². The summed E-state index contributed by atoms with van der Waals surface area (Å²) in [5.74, 6) is 2.16. The fraction of sp³-hybridized carbons (Fsp3) is 0.526. The zero-order valence-electron chi connectivity index (χ0n) is 14.9. The molecule has 6 heteroatoms. The van der Waals surface area contributed by atoms with Crippen molar-refractivity contribution < 1.29 is 14.2 Å². The van der Waals surface area contributed by atoms with Gasteiger partial charge in [0.15, 0.2) is 0 Å². The third kappa shape index (κ3) is 4.52. The van der Waals surface area contributed by atoms with Gasteiger partial charge in [0.1, 0.15) is 17.4 Å². The first-order valence-corrected chi connectivity index (χ1v) is 8.71. The number of nitrogens with zero attached hydrogens (tertiary/aromatic N) is 3. The zero-order valence-corrected chi connectivity index (χ0v) is 14.9. The summed E-state index contributed by atoms with van der Waals surface area (Å²) in [6, 6.07) is 8.41. The molecule has 6 nitrogen and oxygen atoms in total. The second kappa shape index (κ2) is 6.35. The van der Waals surface area contributed by atoms with Crippen molar-refractivity contribution in [2.75, 3.05) is 13.2 Å². The average Bonchev–Trinajstić information content (AvgIpc) is 3.44. The summed E-state index contributed by atoms with van der Waals surface area (Å²) in [6.45, 7) is 8.11. The molecule has 25 heavy (non-hydrogen) atoms. The molecule has 2 saturated heterocycles. The Morgan fingerprint density at radius 1 is 0.920 bits per heavy atom. The number of hydrogen-bond donors (Lipinski definition) is 0. The summed E-state index contributed by atoms with van der Waals surface area (Å²) in [5.41, 5.74) is 1.37. The summed E-state index contributed by atoms with van der Waals surface area (Å²) in [7, 11) is 0. The first-order chi connectivity index (χ1) is 12.0. The molecule has 0 amide bonds. The van der Waals surface area contributed by atoms with E-state index in [0.717, 1.165) is 30.6 Å². The molecule has 0 spiro atoms. The molecular formula is C19H23N3O3. The van der Waals surface area contributed by atoms with Crippen molar-refractivity contribution in [3.05, 3.63) is 41.5 Å². The van der Waals surface area contributed by atoms with Gasteiger partial charge in [-0.15, -0.1) is 0 Å². The Hall–Kier alpha value is -2.05. The summed E-state index contributed by atoms with van der Waals surface area (Å²) < 4.78 is 16.5.